The van der Waals surface area contributed by atoms with Crippen molar-refractivity contribution in [2.75, 3.05) is 5.32 Å². The Bertz CT molecular complexity index is 661. The Morgan fingerprint density at radius 1 is 1.42 bits per heavy atom. The lowest BCUT2D eigenvalue weighted by Crippen LogP contribution is -2.18. The van der Waals surface area contributed by atoms with Gasteiger partial charge in [0.1, 0.15) is 11.5 Å². The highest BCUT2D eigenvalue weighted by Gasteiger charge is 2.13. The first kappa shape index (κ1) is 13.7. The summed E-state index contributed by atoms with van der Waals surface area (Å²) in [6, 6.07) is 4.67. The summed E-state index contributed by atoms with van der Waals surface area (Å²) < 4.78 is 13.3. The molecule has 0 aliphatic heterocycles. The fourth-order valence-electron chi connectivity index (χ4n) is 1.31. The molecule has 8 heteroatoms. The van der Waals surface area contributed by atoms with Crippen molar-refractivity contribution in [1.82, 2.24) is 10.2 Å². The summed E-state index contributed by atoms with van der Waals surface area (Å²) in [6.07, 6.45) is 0. The Kier molecular flexibility index (Phi) is 3.96. The molecule has 0 bridgehead atoms. The number of H-pyrrole nitrogens is 1. The Balaban J connectivity index is 2.29. The summed E-state index contributed by atoms with van der Waals surface area (Å²) in [7, 11) is 0. The number of aromatic amines is 1. The largest absolute Gasteiger partial charge is 0.318 e. The predicted molar refractivity (Wildman–Crippen MR) is 71.9 cm³/mol. The van der Waals surface area contributed by atoms with Gasteiger partial charge in [-0.25, -0.2) is 9.49 Å². The van der Waals surface area contributed by atoms with Gasteiger partial charge in [0.2, 0.25) is 0 Å². The third-order valence-corrected chi connectivity index (χ3v) is 3.08. The van der Waals surface area contributed by atoms with Gasteiger partial charge in [0.15, 0.2) is 0 Å². The van der Waals surface area contributed by atoms with Gasteiger partial charge < -0.3 is 5.32 Å². The number of hydrogen-bond donors (Lipinski definition) is 2. The van der Waals surface area contributed by atoms with Crippen LogP contribution in [0.1, 0.15) is 10.5 Å². The van der Waals surface area contributed by atoms with Crippen LogP contribution in [0.4, 0.5) is 10.1 Å². The van der Waals surface area contributed by atoms with E-state index in [0.717, 1.165) is 6.07 Å². The van der Waals surface area contributed by atoms with E-state index in [4.69, 9.17) is 11.6 Å². The van der Waals surface area contributed by atoms with Crippen molar-refractivity contribution < 1.29 is 9.18 Å². The van der Waals surface area contributed by atoms with Gasteiger partial charge in [-0.15, -0.1) is 0 Å². The minimum atomic E-state index is -0.578. The molecular weight excluding hydrogens is 340 g/mol. The highest BCUT2D eigenvalue weighted by atomic mass is 79.9. The van der Waals surface area contributed by atoms with Gasteiger partial charge in [0.25, 0.3) is 11.5 Å². The summed E-state index contributed by atoms with van der Waals surface area (Å²) in [5.74, 6) is -1.11. The van der Waals surface area contributed by atoms with E-state index in [0.29, 0.717) is 4.47 Å². The van der Waals surface area contributed by atoms with Crippen molar-refractivity contribution in [3.8, 4) is 0 Å². The predicted octanol–water partition coefficient (Wildman–Crippen LogP) is 2.58. The van der Waals surface area contributed by atoms with E-state index in [-0.39, 0.29) is 16.4 Å². The minimum absolute atomic E-state index is 0.00638. The zero-order chi connectivity index (χ0) is 14.0. The fourth-order valence-corrected chi connectivity index (χ4v) is 2.21. The van der Waals surface area contributed by atoms with Crippen molar-refractivity contribution in [3.63, 3.8) is 0 Å². The van der Waals surface area contributed by atoms with Crippen LogP contribution in [0.3, 0.4) is 0 Å². The van der Waals surface area contributed by atoms with Crippen LogP contribution in [-0.2, 0) is 0 Å². The van der Waals surface area contributed by atoms with Crippen molar-refractivity contribution in [1.29, 1.82) is 0 Å². The molecule has 1 heterocycles. The number of nitrogens with zero attached hydrogens (tertiary/aromatic N) is 1. The first-order chi connectivity index (χ1) is 8.97. The van der Waals surface area contributed by atoms with Gasteiger partial charge in [0.05, 0.1) is 10.7 Å². The summed E-state index contributed by atoms with van der Waals surface area (Å²) >= 11 is 8.92. The number of amides is 1. The molecular formula is C11H6BrClFN3O2. The lowest BCUT2D eigenvalue weighted by Gasteiger charge is -2.08. The van der Waals surface area contributed by atoms with E-state index in [1.165, 1.54) is 18.2 Å². The molecule has 0 unspecified atom stereocenters. The fraction of sp³-hybridized carbons (Fsp3) is 0. The highest BCUT2D eigenvalue weighted by molar-refractivity contribution is 9.10. The lowest BCUT2D eigenvalue weighted by atomic mass is 10.3. The van der Waals surface area contributed by atoms with E-state index >= 15 is 0 Å². The van der Waals surface area contributed by atoms with Gasteiger partial charge >= 0.3 is 0 Å². The van der Waals surface area contributed by atoms with Gasteiger partial charge in [0, 0.05) is 10.5 Å². The summed E-state index contributed by atoms with van der Waals surface area (Å²) in [4.78, 5) is 22.7. The van der Waals surface area contributed by atoms with Gasteiger partial charge in [-0.05, 0) is 34.1 Å². The molecule has 0 saturated carbocycles. The SMILES string of the molecule is O=C(Nc1c(Cl)cc(F)cc1Br)c1ccc(=O)[nH]n1. The molecule has 1 aromatic heterocycles. The molecule has 2 aromatic rings. The second-order valence-corrected chi connectivity index (χ2v) is 4.77. The number of carbonyl (C=O) groups is 1. The molecule has 0 fully saturated rings. The molecule has 0 atom stereocenters. The molecule has 2 rings (SSSR count). The van der Waals surface area contributed by atoms with E-state index in [1.54, 1.807) is 0 Å². The van der Waals surface area contributed by atoms with Crippen LogP contribution >= 0.6 is 27.5 Å². The van der Waals surface area contributed by atoms with Crippen LogP contribution in [0, 0.1) is 5.82 Å². The Morgan fingerprint density at radius 3 is 2.74 bits per heavy atom. The Labute approximate surface area is 119 Å². The monoisotopic (exact) mass is 345 g/mol. The first-order valence-corrected chi connectivity index (χ1v) is 6.16. The van der Waals surface area contributed by atoms with E-state index in [1.807, 2.05) is 0 Å². The third-order valence-electron chi connectivity index (χ3n) is 2.16. The minimum Gasteiger partial charge on any atom is -0.318 e. The maximum atomic E-state index is 13.0. The van der Waals surface area contributed by atoms with Crippen LogP contribution in [0.15, 0.2) is 33.5 Å². The number of aromatic nitrogens is 2. The maximum Gasteiger partial charge on any atom is 0.276 e. The molecule has 0 spiro atoms. The van der Waals surface area contributed by atoms with Crippen LogP contribution in [0.5, 0.6) is 0 Å². The van der Waals surface area contributed by atoms with E-state index in [2.05, 4.69) is 31.4 Å². The van der Waals surface area contributed by atoms with Crippen LogP contribution < -0.4 is 10.9 Å². The molecule has 19 heavy (non-hydrogen) atoms. The molecule has 98 valence electrons. The molecule has 0 aliphatic carbocycles. The van der Waals surface area contributed by atoms with Gasteiger partial charge in [-0.3, -0.25) is 9.59 Å². The van der Waals surface area contributed by atoms with Gasteiger partial charge in [-0.2, -0.15) is 5.10 Å². The second-order valence-electron chi connectivity index (χ2n) is 3.50. The normalized spacial score (nSPS) is 10.3. The van der Waals surface area contributed by atoms with Crippen LogP contribution in [0.25, 0.3) is 0 Å². The van der Waals surface area contributed by atoms with E-state index < -0.39 is 17.3 Å². The molecule has 0 radical (unpaired) electrons. The number of anilines is 1. The highest BCUT2D eigenvalue weighted by Crippen LogP contribution is 2.31. The number of carbonyl (C=O) groups excluding carboxylic acids is 1. The number of hydrogen-bond acceptors (Lipinski definition) is 3. The summed E-state index contributed by atoms with van der Waals surface area (Å²) in [6.45, 7) is 0. The van der Waals surface area contributed by atoms with Crippen LogP contribution in [0.2, 0.25) is 5.02 Å². The zero-order valence-electron chi connectivity index (χ0n) is 9.21. The quantitative estimate of drug-likeness (QED) is 0.877. The molecule has 0 saturated heterocycles. The molecule has 1 amide bonds. The van der Waals surface area contributed by atoms with E-state index in [9.17, 15) is 14.0 Å². The standard InChI is InChI=1S/C11H6BrClFN3O2/c12-6-3-5(14)4-7(13)10(6)15-11(19)8-1-2-9(18)17-16-8/h1-4H,(H,15,19)(H,17,18). The second kappa shape index (κ2) is 5.50. The third kappa shape index (κ3) is 3.18. The summed E-state index contributed by atoms with van der Waals surface area (Å²) in [5.41, 5.74) is -0.189. The van der Waals surface area contributed by atoms with Gasteiger partial charge in [-0.1, -0.05) is 11.6 Å². The first-order valence-electron chi connectivity index (χ1n) is 4.99. The smallest absolute Gasteiger partial charge is 0.276 e. The lowest BCUT2D eigenvalue weighted by molar-refractivity contribution is 0.102. The van der Waals surface area contributed by atoms with Crippen molar-refractivity contribution in [2.24, 2.45) is 0 Å². The molecule has 5 nitrogen and oxygen atoms in total. The number of nitrogens with one attached hydrogen (secondary N) is 2. The van der Waals surface area contributed by atoms with Crippen molar-refractivity contribution in [3.05, 3.63) is 55.6 Å². The van der Waals surface area contributed by atoms with Crippen LogP contribution in [-0.4, -0.2) is 16.1 Å². The van der Waals surface area contributed by atoms with Crippen molar-refractivity contribution >= 4 is 39.1 Å². The molecule has 1 aromatic carbocycles. The van der Waals surface area contributed by atoms with Crippen molar-refractivity contribution in [2.45, 2.75) is 0 Å². The average Bonchev–Trinajstić information content (AvgIpc) is 2.34. The number of rotatable bonds is 2. The maximum absolute atomic E-state index is 13.0. The topological polar surface area (TPSA) is 74.8 Å². The molecule has 2 N–H and O–H groups in total. The number of halogens is 3. The zero-order valence-corrected chi connectivity index (χ0v) is 11.5. The Hall–Kier alpha value is -1.73. The average molecular weight is 347 g/mol. The molecule has 0 aliphatic rings. The summed E-state index contributed by atoms with van der Waals surface area (Å²) in [5, 5.41) is 8.22. The Morgan fingerprint density at radius 2 is 2.16 bits per heavy atom. The number of benzene rings is 1.